The van der Waals surface area contributed by atoms with Crippen molar-refractivity contribution in [2.75, 3.05) is 0 Å². The van der Waals surface area contributed by atoms with E-state index >= 15 is 0 Å². The third kappa shape index (κ3) is 4.24. The van der Waals surface area contributed by atoms with E-state index in [1.807, 2.05) is 0 Å². The van der Waals surface area contributed by atoms with Crippen molar-refractivity contribution in [1.82, 2.24) is 0 Å². The Labute approximate surface area is 286 Å². The van der Waals surface area contributed by atoms with E-state index in [0.29, 0.717) is 0 Å². The SMILES string of the molecule is CC1(C)c2ccccc2-c2cc(-c3ccc4c(-c5ccc6ccccc6c5)c5ccccc5c(-c5ccc6ccccc6c5)c4c3)ccc21. The van der Waals surface area contributed by atoms with Gasteiger partial charge in [0.05, 0.1) is 0 Å². The summed E-state index contributed by atoms with van der Waals surface area (Å²) in [6.07, 6.45) is 0. The summed E-state index contributed by atoms with van der Waals surface area (Å²) < 4.78 is 0. The van der Waals surface area contributed by atoms with Crippen LogP contribution in [-0.2, 0) is 5.41 Å². The number of fused-ring (bicyclic) bond motifs is 7. The van der Waals surface area contributed by atoms with E-state index in [0.717, 1.165) is 0 Å². The minimum atomic E-state index is -0.00916. The van der Waals surface area contributed by atoms with Crippen molar-refractivity contribution in [1.29, 1.82) is 0 Å². The van der Waals surface area contributed by atoms with Crippen LogP contribution in [0.25, 0.3) is 87.6 Å². The maximum absolute atomic E-state index is 2.45. The molecule has 0 saturated carbocycles. The Morgan fingerprint density at radius 1 is 0.306 bits per heavy atom. The second kappa shape index (κ2) is 10.5. The van der Waals surface area contributed by atoms with Crippen LogP contribution < -0.4 is 0 Å². The Morgan fingerprint density at radius 3 is 1.45 bits per heavy atom. The molecule has 0 aromatic heterocycles. The van der Waals surface area contributed by atoms with E-state index in [1.54, 1.807) is 0 Å². The van der Waals surface area contributed by atoms with Crippen molar-refractivity contribution >= 4 is 43.1 Å². The third-order valence-corrected chi connectivity index (χ3v) is 11.0. The van der Waals surface area contributed by atoms with Crippen LogP contribution in [0.2, 0.25) is 0 Å². The van der Waals surface area contributed by atoms with E-state index < -0.39 is 0 Å². The molecule has 0 heterocycles. The van der Waals surface area contributed by atoms with Crippen molar-refractivity contribution in [2.45, 2.75) is 19.3 Å². The van der Waals surface area contributed by atoms with Crippen LogP contribution >= 0.6 is 0 Å². The summed E-state index contributed by atoms with van der Waals surface area (Å²) in [5.74, 6) is 0. The molecule has 0 bridgehead atoms. The summed E-state index contributed by atoms with van der Waals surface area (Å²) in [5, 5.41) is 10.1. The van der Waals surface area contributed by atoms with Crippen LogP contribution in [0, 0.1) is 0 Å². The van der Waals surface area contributed by atoms with Crippen LogP contribution in [0.3, 0.4) is 0 Å². The zero-order chi connectivity index (χ0) is 32.7. The van der Waals surface area contributed by atoms with Gasteiger partial charge in [0.2, 0.25) is 0 Å². The topological polar surface area (TPSA) is 0 Å². The maximum Gasteiger partial charge on any atom is 0.0158 e. The molecule has 230 valence electrons. The molecule has 1 aliphatic carbocycles. The monoisotopic (exact) mass is 622 g/mol. The van der Waals surface area contributed by atoms with Crippen LogP contribution in [0.1, 0.15) is 25.0 Å². The van der Waals surface area contributed by atoms with Crippen molar-refractivity contribution in [3.8, 4) is 44.5 Å². The Hall–Kier alpha value is -5.98. The average molecular weight is 623 g/mol. The van der Waals surface area contributed by atoms with Gasteiger partial charge in [0, 0.05) is 5.41 Å². The van der Waals surface area contributed by atoms with E-state index in [4.69, 9.17) is 0 Å². The number of hydrogen-bond donors (Lipinski definition) is 0. The first kappa shape index (κ1) is 28.1. The summed E-state index contributed by atoms with van der Waals surface area (Å²) in [5.41, 5.74) is 13.1. The second-order valence-corrected chi connectivity index (χ2v) is 14.1. The van der Waals surface area contributed by atoms with Gasteiger partial charge in [-0.05, 0) is 123 Å². The van der Waals surface area contributed by atoms with E-state index in [1.165, 1.54) is 98.7 Å². The highest BCUT2D eigenvalue weighted by Gasteiger charge is 2.35. The second-order valence-electron chi connectivity index (χ2n) is 14.1. The lowest BCUT2D eigenvalue weighted by Crippen LogP contribution is -2.14. The summed E-state index contributed by atoms with van der Waals surface area (Å²) >= 11 is 0. The molecule has 0 N–H and O–H groups in total. The molecule has 9 aromatic rings. The molecule has 0 saturated heterocycles. The zero-order valence-electron chi connectivity index (χ0n) is 27.7. The molecule has 9 aromatic carbocycles. The first-order chi connectivity index (χ1) is 24.0. The van der Waals surface area contributed by atoms with Crippen LogP contribution in [-0.4, -0.2) is 0 Å². The van der Waals surface area contributed by atoms with Gasteiger partial charge in [0.25, 0.3) is 0 Å². The fourth-order valence-corrected chi connectivity index (χ4v) is 8.57. The highest BCUT2D eigenvalue weighted by molar-refractivity contribution is 6.22. The lowest BCUT2D eigenvalue weighted by atomic mass is 9.82. The van der Waals surface area contributed by atoms with Crippen molar-refractivity contribution < 1.29 is 0 Å². The van der Waals surface area contributed by atoms with Crippen LogP contribution in [0.5, 0.6) is 0 Å². The Bertz CT molecular complexity index is 2800. The summed E-state index contributed by atoms with van der Waals surface area (Å²) in [6.45, 7) is 4.70. The lowest BCUT2D eigenvalue weighted by molar-refractivity contribution is 0.660. The molecule has 0 amide bonds. The molecule has 49 heavy (non-hydrogen) atoms. The number of hydrogen-bond acceptors (Lipinski definition) is 0. The minimum Gasteiger partial charge on any atom is -0.0619 e. The molecule has 0 atom stereocenters. The van der Waals surface area contributed by atoms with E-state index in [-0.39, 0.29) is 5.41 Å². The molecule has 0 spiro atoms. The van der Waals surface area contributed by atoms with Gasteiger partial charge in [-0.15, -0.1) is 0 Å². The molecule has 1 aliphatic rings. The van der Waals surface area contributed by atoms with Crippen LogP contribution in [0.4, 0.5) is 0 Å². The van der Waals surface area contributed by atoms with Gasteiger partial charge in [0.15, 0.2) is 0 Å². The Balaban J connectivity index is 1.28. The molecule has 0 unspecified atom stereocenters. The standard InChI is InChI=1S/C49H34/c1-49(2)45-18-10-9-15-39(45)43-29-36(24-26-46(43)49)35-23-25-42-44(30-35)48(38-22-20-32-12-4-6-14-34(32)28-38)41-17-8-7-16-40(41)47(42)37-21-19-31-11-3-5-13-33(31)27-37/h3-30H,1-2H3. The van der Waals surface area contributed by atoms with Gasteiger partial charge >= 0.3 is 0 Å². The third-order valence-electron chi connectivity index (χ3n) is 11.0. The lowest BCUT2D eigenvalue weighted by Gasteiger charge is -2.21. The van der Waals surface area contributed by atoms with Gasteiger partial charge in [-0.1, -0.05) is 159 Å². The number of rotatable bonds is 3. The molecule has 0 radical (unpaired) electrons. The van der Waals surface area contributed by atoms with Crippen LogP contribution in [0.15, 0.2) is 170 Å². The molecular formula is C49H34. The van der Waals surface area contributed by atoms with Crippen molar-refractivity contribution in [3.63, 3.8) is 0 Å². The smallest absolute Gasteiger partial charge is 0.0158 e. The predicted molar refractivity (Wildman–Crippen MR) is 210 cm³/mol. The highest BCUT2D eigenvalue weighted by atomic mass is 14.4. The molecule has 0 aliphatic heterocycles. The first-order valence-electron chi connectivity index (χ1n) is 17.3. The van der Waals surface area contributed by atoms with Gasteiger partial charge < -0.3 is 0 Å². The average Bonchev–Trinajstić information content (AvgIpc) is 3.38. The first-order valence-corrected chi connectivity index (χ1v) is 17.3. The predicted octanol–water partition coefficient (Wildman–Crippen LogP) is 13.6. The molecule has 0 nitrogen and oxygen atoms in total. The summed E-state index contributed by atoms with van der Waals surface area (Å²) in [6, 6.07) is 63.4. The van der Waals surface area contributed by atoms with Crippen molar-refractivity contribution in [3.05, 3.63) is 181 Å². The van der Waals surface area contributed by atoms with Gasteiger partial charge in [0.1, 0.15) is 0 Å². The minimum absolute atomic E-state index is 0.00916. The van der Waals surface area contributed by atoms with Gasteiger partial charge in [-0.3, -0.25) is 0 Å². The molecule has 10 rings (SSSR count). The normalized spacial score (nSPS) is 13.3. The summed E-state index contributed by atoms with van der Waals surface area (Å²) in [4.78, 5) is 0. The summed E-state index contributed by atoms with van der Waals surface area (Å²) in [7, 11) is 0. The quantitative estimate of drug-likeness (QED) is 0.172. The zero-order valence-corrected chi connectivity index (χ0v) is 27.7. The largest absolute Gasteiger partial charge is 0.0619 e. The Morgan fingerprint density at radius 2 is 0.776 bits per heavy atom. The van der Waals surface area contributed by atoms with E-state index in [2.05, 4.69) is 184 Å². The Kier molecular flexibility index (Phi) is 6.02. The highest BCUT2D eigenvalue weighted by Crippen LogP contribution is 2.50. The molecular weight excluding hydrogens is 589 g/mol. The van der Waals surface area contributed by atoms with Gasteiger partial charge in [-0.25, -0.2) is 0 Å². The molecule has 0 heteroatoms. The van der Waals surface area contributed by atoms with Gasteiger partial charge in [-0.2, -0.15) is 0 Å². The number of benzene rings is 9. The fourth-order valence-electron chi connectivity index (χ4n) is 8.57. The van der Waals surface area contributed by atoms with E-state index in [9.17, 15) is 0 Å². The maximum atomic E-state index is 2.45. The van der Waals surface area contributed by atoms with Crippen molar-refractivity contribution in [2.24, 2.45) is 0 Å². The molecule has 0 fully saturated rings. The fraction of sp³-hybridized carbons (Fsp3) is 0.0612.